The Morgan fingerprint density at radius 1 is 1.33 bits per heavy atom. The molecule has 1 saturated heterocycles. The van der Waals surface area contributed by atoms with Crippen molar-refractivity contribution in [2.75, 3.05) is 18.0 Å². The second-order valence-corrected chi connectivity index (χ2v) is 5.37. The molecule has 3 N–H and O–H groups in total. The van der Waals surface area contributed by atoms with Crippen LogP contribution in [0.5, 0.6) is 0 Å². The van der Waals surface area contributed by atoms with E-state index in [0.29, 0.717) is 11.8 Å². The number of anilines is 1. The van der Waals surface area contributed by atoms with Gasteiger partial charge in [0.1, 0.15) is 0 Å². The Kier molecular flexibility index (Phi) is 3.45. The highest BCUT2D eigenvalue weighted by Gasteiger charge is 2.28. The topological polar surface area (TPSA) is 61.9 Å². The van der Waals surface area contributed by atoms with Crippen molar-refractivity contribution in [3.05, 3.63) is 29.3 Å². The molecular formula is C14H21N3O. The number of hydrogen-bond donors (Lipinski definition) is 2. The molecule has 1 fully saturated rings. The zero-order valence-electron chi connectivity index (χ0n) is 11.2. The summed E-state index contributed by atoms with van der Waals surface area (Å²) in [7, 11) is 0. The molecule has 18 heavy (non-hydrogen) atoms. The van der Waals surface area contributed by atoms with Gasteiger partial charge in [0.2, 0.25) is 0 Å². The summed E-state index contributed by atoms with van der Waals surface area (Å²) >= 11 is 0. The fraction of sp³-hybridized carbons (Fsp3) is 0.500. The molecule has 0 spiro atoms. The Bertz CT molecular complexity index is 460. The Hall–Kier alpha value is -1.71. The number of amidine groups is 1. The van der Waals surface area contributed by atoms with Crippen molar-refractivity contribution in [1.82, 2.24) is 0 Å². The quantitative estimate of drug-likeness (QED) is 0.364. The van der Waals surface area contributed by atoms with Gasteiger partial charge in [0.05, 0.1) is 0 Å². The molecule has 0 bridgehead atoms. The normalized spacial score (nSPS) is 24.6. The number of oxime groups is 1. The van der Waals surface area contributed by atoms with Crippen LogP contribution in [0.2, 0.25) is 0 Å². The maximum Gasteiger partial charge on any atom is 0.172 e. The molecule has 1 aliphatic heterocycles. The molecule has 0 radical (unpaired) electrons. The molecule has 1 aliphatic rings. The van der Waals surface area contributed by atoms with Crippen LogP contribution in [0.25, 0.3) is 0 Å². The predicted molar refractivity (Wildman–Crippen MR) is 74.2 cm³/mol. The minimum absolute atomic E-state index is 0.178. The highest BCUT2D eigenvalue weighted by molar-refractivity contribution is 6.02. The van der Waals surface area contributed by atoms with Crippen molar-refractivity contribution in [2.45, 2.75) is 20.8 Å². The Labute approximate surface area is 108 Å². The summed E-state index contributed by atoms with van der Waals surface area (Å²) < 4.78 is 0. The van der Waals surface area contributed by atoms with Crippen molar-refractivity contribution in [3.8, 4) is 0 Å². The molecule has 4 nitrogen and oxygen atoms in total. The average Bonchev–Trinajstić information content (AvgIpc) is 2.68. The number of aryl methyl sites for hydroxylation is 1. The first-order valence-corrected chi connectivity index (χ1v) is 6.36. The summed E-state index contributed by atoms with van der Waals surface area (Å²) in [5.41, 5.74) is 8.82. The van der Waals surface area contributed by atoms with Gasteiger partial charge in [0.15, 0.2) is 5.84 Å². The van der Waals surface area contributed by atoms with E-state index in [1.54, 1.807) is 0 Å². The predicted octanol–water partition coefficient (Wildman–Crippen LogP) is 2.18. The second kappa shape index (κ2) is 4.88. The number of nitrogens with two attached hydrogens (primary N) is 1. The van der Waals surface area contributed by atoms with E-state index < -0.39 is 0 Å². The molecule has 0 aromatic heterocycles. The van der Waals surface area contributed by atoms with Gasteiger partial charge in [-0.2, -0.15) is 0 Å². The van der Waals surface area contributed by atoms with Gasteiger partial charge in [-0.05, 0) is 36.5 Å². The van der Waals surface area contributed by atoms with E-state index in [-0.39, 0.29) is 5.84 Å². The third-order valence-electron chi connectivity index (χ3n) is 3.87. The van der Waals surface area contributed by atoms with Crippen molar-refractivity contribution in [3.63, 3.8) is 0 Å². The van der Waals surface area contributed by atoms with Crippen LogP contribution in [0, 0.1) is 18.8 Å². The lowest BCUT2D eigenvalue weighted by Gasteiger charge is -2.22. The van der Waals surface area contributed by atoms with Gasteiger partial charge in [0.25, 0.3) is 0 Å². The van der Waals surface area contributed by atoms with Crippen molar-refractivity contribution in [2.24, 2.45) is 22.7 Å². The third-order valence-corrected chi connectivity index (χ3v) is 3.87. The maximum absolute atomic E-state index is 8.87. The summed E-state index contributed by atoms with van der Waals surface area (Å²) in [5, 5.41) is 12.0. The molecular weight excluding hydrogens is 226 g/mol. The Morgan fingerprint density at radius 2 is 1.94 bits per heavy atom. The first-order chi connectivity index (χ1) is 8.52. The molecule has 98 valence electrons. The second-order valence-electron chi connectivity index (χ2n) is 5.37. The van der Waals surface area contributed by atoms with E-state index in [4.69, 9.17) is 10.9 Å². The molecule has 0 aliphatic carbocycles. The highest BCUT2D eigenvalue weighted by Crippen LogP contribution is 2.30. The van der Waals surface area contributed by atoms with E-state index in [9.17, 15) is 0 Å². The van der Waals surface area contributed by atoms with E-state index in [0.717, 1.165) is 24.3 Å². The van der Waals surface area contributed by atoms with Crippen LogP contribution in [0.1, 0.15) is 25.0 Å². The lowest BCUT2D eigenvalue weighted by molar-refractivity contribution is 0.318. The average molecular weight is 247 g/mol. The number of nitrogens with zero attached hydrogens (tertiary/aromatic N) is 2. The minimum atomic E-state index is 0.178. The zero-order chi connectivity index (χ0) is 13.3. The van der Waals surface area contributed by atoms with Gasteiger partial charge in [-0.15, -0.1) is 0 Å². The molecule has 0 saturated carbocycles. The summed E-state index contributed by atoms with van der Waals surface area (Å²) in [6.45, 7) is 8.64. The van der Waals surface area contributed by atoms with E-state index >= 15 is 0 Å². The van der Waals surface area contributed by atoms with Gasteiger partial charge in [0, 0.05) is 24.3 Å². The summed E-state index contributed by atoms with van der Waals surface area (Å²) in [6.07, 6.45) is 0. The summed E-state index contributed by atoms with van der Waals surface area (Å²) in [6, 6.07) is 6.02. The number of benzene rings is 1. The fourth-order valence-corrected chi connectivity index (χ4v) is 2.50. The van der Waals surface area contributed by atoms with Crippen molar-refractivity contribution >= 4 is 11.5 Å². The number of rotatable bonds is 2. The standard InChI is InChI=1S/C14H21N3O/c1-9-4-5-12(14(15)16-18)13(6-9)17-7-10(2)11(3)8-17/h4-6,10-11,18H,7-8H2,1-3H3,(H2,15,16). The maximum atomic E-state index is 8.87. The molecule has 2 rings (SSSR count). The molecule has 2 atom stereocenters. The van der Waals surface area contributed by atoms with E-state index in [1.807, 2.05) is 12.1 Å². The molecule has 1 aromatic carbocycles. The molecule has 4 heteroatoms. The van der Waals surface area contributed by atoms with Crippen LogP contribution in [-0.4, -0.2) is 24.1 Å². The van der Waals surface area contributed by atoms with Crippen LogP contribution >= 0.6 is 0 Å². The SMILES string of the molecule is Cc1ccc(C(N)=NO)c(N2CC(C)C(C)C2)c1. The fourth-order valence-electron chi connectivity index (χ4n) is 2.50. The van der Waals surface area contributed by atoms with Gasteiger partial charge in [-0.3, -0.25) is 0 Å². The van der Waals surface area contributed by atoms with E-state index in [2.05, 4.69) is 36.9 Å². The van der Waals surface area contributed by atoms with Crippen LogP contribution < -0.4 is 10.6 Å². The van der Waals surface area contributed by atoms with Gasteiger partial charge < -0.3 is 15.8 Å². The van der Waals surface area contributed by atoms with Crippen LogP contribution in [0.3, 0.4) is 0 Å². The first-order valence-electron chi connectivity index (χ1n) is 6.36. The van der Waals surface area contributed by atoms with Gasteiger partial charge >= 0.3 is 0 Å². The molecule has 1 heterocycles. The Balaban J connectivity index is 2.40. The molecule has 1 aromatic rings. The Morgan fingerprint density at radius 3 is 2.50 bits per heavy atom. The van der Waals surface area contributed by atoms with E-state index in [1.165, 1.54) is 5.56 Å². The summed E-state index contributed by atoms with van der Waals surface area (Å²) in [5.74, 6) is 1.52. The minimum Gasteiger partial charge on any atom is -0.409 e. The van der Waals surface area contributed by atoms with Gasteiger partial charge in [-0.25, -0.2) is 0 Å². The lowest BCUT2D eigenvalue weighted by Crippen LogP contribution is -2.24. The summed E-state index contributed by atoms with van der Waals surface area (Å²) in [4.78, 5) is 2.33. The van der Waals surface area contributed by atoms with Crippen LogP contribution in [0.15, 0.2) is 23.4 Å². The number of hydrogen-bond acceptors (Lipinski definition) is 3. The lowest BCUT2D eigenvalue weighted by atomic mass is 10.0. The first kappa shape index (κ1) is 12.7. The monoisotopic (exact) mass is 247 g/mol. The third kappa shape index (κ3) is 2.28. The molecule has 0 amide bonds. The van der Waals surface area contributed by atoms with Crippen molar-refractivity contribution in [1.29, 1.82) is 0 Å². The smallest absolute Gasteiger partial charge is 0.172 e. The van der Waals surface area contributed by atoms with Gasteiger partial charge in [-0.1, -0.05) is 25.1 Å². The zero-order valence-corrected chi connectivity index (χ0v) is 11.2. The molecule has 2 unspecified atom stereocenters. The van der Waals surface area contributed by atoms with Crippen molar-refractivity contribution < 1.29 is 5.21 Å². The van der Waals surface area contributed by atoms with Crippen LogP contribution in [-0.2, 0) is 0 Å². The van der Waals surface area contributed by atoms with Crippen LogP contribution in [0.4, 0.5) is 5.69 Å². The largest absolute Gasteiger partial charge is 0.409 e. The highest BCUT2D eigenvalue weighted by atomic mass is 16.4.